The highest BCUT2D eigenvalue weighted by atomic mass is 16.4. The minimum atomic E-state index is -1.08. The van der Waals surface area contributed by atoms with Crippen LogP contribution >= 0.6 is 0 Å². The zero-order valence-corrected chi connectivity index (χ0v) is 9.80. The molecule has 0 radical (unpaired) electrons. The van der Waals surface area contributed by atoms with E-state index in [1.807, 2.05) is 6.92 Å². The molecule has 0 amide bonds. The maximum atomic E-state index is 9.64. The largest absolute Gasteiger partial charge is 0.481 e. The standard InChI is InChI=1S/C6H14O3.C4H6O4/c1-2-6(3-7,4-8)5-9;5-3(6)1-2-4(7)8/h7-9H,2-5H2,1H3;1-2H2,(H,5,6)(H,7,8). The van der Waals surface area contributed by atoms with Crippen molar-refractivity contribution in [3.05, 3.63) is 0 Å². The second-order valence-electron chi connectivity index (χ2n) is 3.62. The fourth-order valence-corrected chi connectivity index (χ4v) is 0.699. The molecule has 102 valence electrons. The maximum Gasteiger partial charge on any atom is 0.303 e. The van der Waals surface area contributed by atoms with Crippen LogP contribution in [0.15, 0.2) is 0 Å². The molecule has 0 atom stereocenters. The minimum Gasteiger partial charge on any atom is -0.481 e. The van der Waals surface area contributed by atoms with E-state index in [1.165, 1.54) is 0 Å². The Morgan fingerprint density at radius 3 is 1.24 bits per heavy atom. The van der Waals surface area contributed by atoms with Gasteiger partial charge in [-0.1, -0.05) is 6.92 Å². The van der Waals surface area contributed by atoms with Gasteiger partial charge in [-0.15, -0.1) is 0 Å². The van der Waals surface area contributed by atoms with Gasteiger partial charge < -0.3 is 25.5 Å². The summed E-state index contributed by atoms with van der Waals surface area (Å²) in [5.41, 5.74) is -0.667. The van der Waals surface area contributed by atoms with E-state index in [9.17, 15) is 9.59 Å². The molecule has 0 fully saturated rings. The monoisotopic (exact) mass is 252 g/mol. The second-order valence-corrected chi connectivity index (χ2v) is 3.62. The molecule has 7 heteroatoms. The van der Waals surface area contributed by atoms with Crippen molar-refractivity contribution in [2.24, 2.45) is 5.41 Å². The highest BCUT2D eigenvalue weighted by Crippen LogP contribution is 2.18. The van der Waals surface area contributed by atoms with Gasteiger partial charge in [-0.3, -0.25) is 9.59 Å². The summed E-state index contributed by atoms with van der Waals surface area (Å²) >= 11 is 0. The third kappa shape index (κ3) is 9.73. The average Bonchev–Trinajstić information content (AvgIpc) is 2.31. The first-order valence-corrected chi connectivity index (χ1v) is 5.13. The lowest BCUT2D eigenvalue weighted by atomic mass is 9.88. The first-order valence-electron chi connectivity index (χ1n) is 5.13. The Bertz CT molecular complexity index is 191. The summed E-state index contributed by atoms with van der Waals surface area (Å²) in [7, 11) is 0. The Hall–Kier alpha value is -1.18. The van der Waals surface area contributed by atoms with Gasteiger partial charge in [-0.2, -0.15) is 0 Å². The van der Waals surface area contributed by atoms with Gasteiger partial charge in [0.25, 0.3) is 0 Å². The number of carbonyl (C=O) groups is 2. The van der Waals surface area contributed by atoms with E-state index in [0.29, 0.717) is 6.42 Å². The molecule has 0 spiro atoms. The molecule has 17 heavy (non-hydrogen) atoms. The Morgan fingerprint density at radius 2 is 1.18 bits per heavy atom. The van der Waals surface area contributed by atoms with Crippen LogP contribution in [0, 0.1) is 5.41 Å². The van der Waals surface area contributed by atoms with E-state index in [-0.39, 0.29) is 32.7 Å². The molecule has 0 saturated carbocycles. The van der Waals surface area contributed by atoms with Crippen molar-refractivity contribution < 1.29 is 35.1 Å². The van der Waals surface area contributed by atoms with E-state index < -0.39 is 17.4 Å². The van der Waals surface area contributed by atoms with E-state index in [1.54, 1.807) is 0 Å². The molecule has 0 rings (SSSR count). The predicted molar refractivity (Wildman–Crippen MR) is 58.5 cm³/mol. The Labute approximate surface area is 99.3 Å². The third-order valence-electron chi connectivity index (χ3n) is 2.31. The van der Waals surface area contributed by atoms with E-state index in [4.69, 9.17) is 25.5 Å². The number of aliphatic hydroxyl groups is 3. The summed E-state index contributed by atoms with van der Waals surface area (Å²) in [4.78, 5) is 19.3. The van der Waals surface area contributed by atoms with Crippen molar-refractivity contribution in [1.82, 2.24) is 0 Å². The van der Waals surface area contributed by atoms with Gasteiger partial charge in [0.15, 0.2) is 0 Å². The maximum absolute atomic E-state index is 9.64. The zero-order valence-electron chi connectivity index (χ0n) is 9.80. The second kappa shape index (κ2) is 10.0. The SMILES string of the molecule is CCC(CO)(CO)CO.O=C(O)CCC(=O)O. The smallest absolute Gasteiger partial charge is 0.303 e. The lowest BCUT2D eigenvalue weighted by molar-refractivity contribution is -0.143. The van der Waals surface area contributed by atoms with E-state index in [2.05, 4.69) is 0 Å². The van der Waals surface area contributed by atoms with Gasteiger partial charge >= 0.3 is 11.9 Å². The average molecular weight is 252 g/mol. The molecule has 5 N–H and O–H groups in total. The summed E-state index contributed by atoms with van der Waals surface area (Å²) < 4.78 is 0. The fourth-order valence-electron chi connectivity index (χ4n) is 0.699. The normalized spacial score (nSPS) is 10.4. The Kier molecular flexibility index (Phi) is 10.7. The number of rotatable bonds is 7. The molecule has 0 aromatic heterocycles. The van der Waals surface area contributed by atoms with Crippen LogP contribution in [0.4, 0.5) is 0 Å². The highest BCUT2D eigenvalue weighted by Gasteiger charge is 2.24. The molecule has 0 unspecified atom stereocenters. The summed E-state index contributed by atoms with van der Waals surface area (Å²) in [6.07, 6.45) is 0.00116. The van der Waals surface area contributed by atoms with Crippen molar-refractivity contribution in [1.29, 1.82) is 0 Å². The number of hydrogen-bond donors (Lipinski definition) is 5. The molecular weight excluding hydrogens is 232 g/mol. The minimum absolute atomic E-state index is 0.156. The van der Waals surface area contributed by atoms with Crippen LogP contribution in [0.25, 0.3) is 0 Å². The number of aliphatic hydroxyl groups excluding tert-OH is 3. The van der Waals surface area contributed by atoms with Gasteiger partial charge in [0.2, 0.25) is 0 Å². The quantitative estimate of drug-likeness (QED) is 0.404. The number of carboxylic acids is 2. The number of hydrogen-bond acceptors (Lipinski definition) is 5. The van der Waals surface area contributed by atoms with Gasteiger partial charge in [0.1, 0.15) is 0 Å². The Morgan fingerprint density at radius 1 is 0.882 bits per heavy atom. The predicted octanol–water partition coefficient (Wildman–Crippen LogP) is -0.705. The first-order chi connectivity index (χ1) is 7.87. The van der Waals surface area contributed by atoms with Crippen LogP contribution < -0.4 is 0 Å². The van der Waals surface area contributed by atoms with Gasteiger partial charge in [0, 0.05) is 5.41 Å². The number of aliphatic carboxylic acids is 2. The lowest BCUT2D eigenvalue weighted by Crippen LogP contribution is -2.32. The highest BCUT2D eigenvalue weighted by molar-refractivity contribution is 5.75. The summed E-state index contributed by atoms with van der Waals surface area (Å²) in [5.74, 6) is -2.15. The molecule has 0 saturated heterocycles. The van der Waals surface area contributed by atoms with Gasteiger partial charge in [0.05, 0.1) is 32.7 Å². The van der Waals surface area contributed by atoms with Gasteiger partial charge in [-0.25, -0.2) is 0 Å². The van der Waals surface area contributed by atoms with Crippen LogP contribution in [0.2, 0.25) is 0 Å². The van der Waals surface area contributed by atoms with Crippen molar-refractivity contribution in [2.45, 2.75) is 26.2 Å². The van der Waals surface area contributed by atoms with Crippen LogP contribution in [-0.4, -0.2) is 57.3 Å². The molecular formula is C10H20O7. The topological polar surface area (TPSA) is 135 Å². The zero-order chi connectivity index (χ0) is 13.9. The van der Waals surface area contributed by atoms with Crippen LogP contribution in [0.5, 0.6) is 0 Å². The summed E-state index contributed by atoms with van der Waals surface area (Å²) in [6, 6.07) is 0. The summed E-state index contributed by atoms with van der Waals surface area (Å²) in [6.45, 7) is 1.35. The van der Waals surface area contributed by atoms with Crippen molar-refractivity contribution >= 4 is 11.9 Å². The molecule has 0 heterocycles. The van der Waals surface area contributed by atoms with Crippen molar-refractivity contribution in [3.8, 4) is 0 Å². The lowest BCUT2D eigenvalue weighted by Gasteiger charge is -2.24. The van der Waals surface area contributed by atoms with Gasteiger partial charge in [-0.05, 0) is 6.42 Å². The molecule has 0 aliphatic rings. The fraction of sp³-hybridized carbons (Fsp3) is 0.800. The Balaban J connectivity index is 0. The molecule has 7 nitrogen and oxygen atoms in total. The third-order valence-corrected chi connectivity index (χ3v) is 2.31. The molecule has 0 bridgehead atoms. The number of carboxylic acid groups (broad SMARTS) is 2. The molecule has 0 aromatic carbocycles. The first kappa shape index (κ1) is 18.2. The van der Waals surface area contributed by atoms with Crippen LogP contribution in [-0.2, 0) is 9.59 Å². The molecule has 0 aromatic rings. The van der Waals surface area contributed by atoms with Crippen molar-refractivity contribution in [2.75, 3.05) is 19.8 Å². The van der Waals surface area contributed by atoms with Crippen LogP contribution in [0.1, 0.15) is 26.2 Å². The summed E-state index contributed by atoms with van der Waals surface area (Å²) in [5, 5.41) is 41.8. The van der Waals surface area contributed by atoms with E-state index in [0.717, 1.165) is 0 Å². The molecule has 0 aliphatic carbocycles. The van der Waals surface area contributed by atoms with Crippen LogP contribution in [0.3, 0.4) is 0 Å². The van der Waals surface area contributed by atoms with E-state index >= 15 is 0 Å². The van der Waals surface area contributed by atoms with Crippen molar-refractivity contribution in [3.63, 3.8) is 0 Å². The molecule has 0 aliphatic heterocycles.